The van der Waals surface area contributed by atoms with E-state index in [4.69, 9.17) is 0 Å². The predicted molar refractivity (Wildman–Crippen MR) is 88.3 cm³/mol. The summed E-state index contributed by atoms with van der Waals surface area (Å²) in [5.41, 5.74) is 1.20. The van der Waals surface area contributed by atoms with Crippen LogP contribution in [0.5, 0.6) is 0 Å². The summed E-state index contributed by atoms with van der Waals surface area (Å²) in [4.78, 5) is 12.0. The monoisotopic (exact) mass is 286 g/mol. The molecule has 3 nitrogen and oxygen atoms in total. The number of hydrogen-bond acceptors (Lipinski definition) is 1. The Morgan fingerprint density at radius 1 is 1.24 bits per heavy atom. The number of aryl methyl sites for hydroxylation is 1. The number of rotatable bonds is 8. The maximum atomic E-state index is 12.0. The lowest BCUT2D eigenvalue weighted by atomic mass is 10.1. The Labute approximate surface area is 127 Å². The van der Waals surface area contributed by atoms with Crippen molar-refractivity contribution in [1.29, 1.82) is 0 Å². The number of carbonyl (C=O) groups is 1. The maximum Gasteiger partial charge on any atom is 0.221 e. The Balaban J connectivity index is 1.78. The normalized spacial score (nSPS) is 12.5. The van der Waals surface area contributed by atoms with Crippen LogP contribution in [0.1, 0.15) is 46.0 Å². The molecule has 0 aliphatic carbocycles. The van der Waals surface area contributed by atoms with E-state index in [2.05, 4.69) is 48.1 Å². The molecule has 21 heavy (non-hydrogen) atoms. The van der Waals surface area contributed by atoms with E-state index >= 15 is 0 Å². The highest BCUT2D eigenvalue weighted by molar-refractivity contribution is 5.80. The van der Waals surface area contributed by atoms with Crippen LogP contribution in [0.25, 0.3) is 10.9 Å². The second-order valence-corrected chi connectivity index (χ2v) is 5.78. The molecule has 0 bridgehead atoms. The van der Waals surface area contributed by atoms with E-state index in [1.54, 1.807) is 0 Å². The molecule has 1 heterocycles. The summed E-state index contributed by atoms with van der Waals surface area (Å²) in [5.74, 6) is 0.150. The third kappa shape index (κ3) is 4.62. The maximum absolute atomic E-state index is 12.0. The highest BCUT2D eigenvalue weighted by Gasteiger charge is 2.08. The Morgan fingerprint density at radius 2 is 2.05 bits per heavy atom. The van der Waals surface area contributed by atoms with Crippen LogP contribution in [0.4, 0.5) is 0 Å². The average molecular weight is 286 g/mol. The number of fused-ring (bicyclic) bond motifs is 1. The summed E-state index contributed by atoms with van der Waals surface area (Å²) in [7, 11) is 0. The molecule has 2 aromatic rings. The zero-order chi connectivity index (χ0) is 15.1. The van der Waals surface area contributed by atoms with Gasteiger partial charge in [0.15, 0.2) is 0 Å². The first-order valence-corrected chi connectivity index (χ1v) is 8.04. The molecule has 114 valence electrons. The first-order valence-electron chi connectivity index (χ1n) is 8.04. The molecule has 1 atom stereocenters. The van der Waals surface area contributed by atoms with Crippen LogP contribution >= 0.6 is 0 Å². The first kappa shape index (κ1) is 15.6. The van der Waals surface area contributed by atoms with Crippen molar-refractivity contribution in [2.45, 2.75) is 58.5 Å². The molecule has 0 fully saturated rings. The molecule has 2 rings (SSSR count). The smallest absolute Gasteiger partial charge is 0.221 e. The van der Waals surface area contributed by atoms with Gasteiger partial charge in [0.25, 0.3) is 0 Å². The summed E-state index contributed by atoms with van der Waals surface area (Å²) in [5, 5.41) is 4.32. The van der Waals surface area contributed by atoms with E-state index in [0.717, 1.165) is 13.0 Å². The molecule has 0 radical (unpaired) electrons. The lowest BCUT2D eigenvalue weighted by molar-refractivity contribution is -0.121. The Morgan fingerprint density at radius 3 is 2.86 bits per heavy atom. The van der Waals surface area contributed by atoms with E-state index in [9.17, 15) is 4.79 Å². The molecule has 1 aromatic carbocycles. The highest BCUT2D eigenvalue weighted by Crippen LogP contribution is 2.15. The molecular formula is C18H26N2O. The van der Waals surface area contributed by atoms with Crippen molar-refractivity contribution in [3.05, 3.63) is 36.5 Å². The van der Waals surface area contributed by atoms with Crippen LogP contribution in [0.15, 0.2) is 36.5 Å². The highest BCUT2D eigenvalue weighted by atomic mass is 16.1. The molecule has 1 amide bonds. The lowest BCUT2D eigenvalue weighted by Gasteiger charge is -2.14. The van der Waals surface area contributed by atoms with Crippen LogP contribution in [0.3, 0.4) is 0 Å². The summed E-state index contributed by atoms with van der Waals surface area (Å²) in [6, 6.07) is 10.7. The third-order valence-electron chi connectivity index (χ3n) is 3.91. The van der Waals surface area contributed by atoms with Gasteiger partial charge in [0.2, 0.25) is 5.91 Å². The van der Waals surface area contributed by atoms with Crippen LogP contribution in [-0.4, -0.2) is 16.5 Å². The number of hydrogen-bond donors (Lipinski definition) is 1. The van der Waals surface area contributed by atoms with Crippen molar-refractivity contribution in [1.82, 2.24) is 9.88 Å². The minimum absolute atomic E-state index is 0.150. The van der Waals surface area contributed by atoms with Gasteiger partial charge >= 0.3 is 0 Å². The van der Waals surface area contributed by atoms with Gasteiger partial charge in [-0.15, -0.1) is 0 Å². The molecule has 0 aliphatic heterocycles. The fraction of sp³-hybridized carbons (Fsp3) is 0.500. The summed E-state index contributed by atoms with van der Waals surface area (Å²) in [6.07, 6.45) is 7.34. The van der Waals surface area contributed by atoms with Crippen LogP contribution in [-0.2, 0) is 11.3 Å². The van der Waals surface area contributed by atoms with Gasteiger partial charge in [-0.25, -0.2) is 0 Å². The fourth-order valence-electron chi connectivity index (χ4n) is 2.68. The number of nitrogens with one attached hydrogen (secondary N) is 1. The molecule has 0 spiro atoms. The van der Waals surface area contributed by atoms with Crippen molar-refractivity contribution in [2.24, 2.45) is 0 Å². The second-order valence-electron chi connectivity index (χ2n) is 5.78. The Kier molecular flexibility index (Phi) is 5.85. The summed E-state index contributed by atoms with van der Waals surface area (Å²) >= 11 is 0. The van der Waals surface area contributed by atoms with Crippen LogP contribution < -0.4 is 5.32 Å². The fourth-order valence-corrected chi connectivity index (χ4v) is 2.68. The summed E-state index contributed by atoms with van der Waals surface area (Å²) in [6.45, 7) is 5.03. The van der Waals surface area contributed by atoms with Gasteiger partial charge in [0, 0.05) is 30.7 Å². The van der Waals surface area contributed by atoms with Gasteiger partial charge in [-0.05, 0) is 30.9 Å². The topological polar surface area (TPSA) is 34.0 Å². The zero-order valence-electron chi connectivity index (χ0n) is 13.1. The molecule has 3 heteroatoms. The third-order valence-corrected chi connectivity index (χ3v) is 3.91. The SMILES string of the molecule is CCCCCC(C)NC(=O)CCn1ccc2ccccc21. The zero-order valence-corrected chi connectivity index (χ0v) is 13.1. The van der Waals surface area contributed by atoms with Crippen molar-refractivity contribution < 1.29 is 4.79 Å². The van der Waals surface area contributed by atoms with E-state index < -0.39 is 0 Å². The van der Waals surface area contributed by atoms with Gasteiger partial charge in [-0.1, -0.05) is 44.4 Å². The molecule has 0 aliphatic rings. The van der Waals surface area contributed by atoms with Gasteiger partial charge in [-0.3, -0.25) is 4.79 Å². The average Bonchev–Trinajstić information content (AvgIpc) is 2.88. The van der Waals surface area contributed by atoms with E-state index in [0.29, 0.717) is 6.42 Å². The Bertz CT molecular complexity index is 573. The number of benzene rings is 1. The van der Waals surface area contributed by atoms with Crippen LogP contribution in [0, 0.1) is 0 Å². The summed E-state index contributed by atoms with van der Waals surface area (Å²) < 4.78 is 2.15. The first-order chi connectivity index (χ1) is 10.2. The molecular weight excluding hydrogens is 260 g/mol. The number of amides is 1. The van der Waals surface area contributed by atoms with Crippen molar-refractivity contribution in [2.75, 3.05) is 0 Å². The largest absolute Gasteiger partial charge is 0.354 e. The van der Waals surface area contributed by atoms with Gasteiger partial charge < -0.3 is 9.88 Å². The van der Waals surface area contributed by atoms with E-state index in [-0.39, 0.29) is 11.9 Å². The van der Waals surface area contributed by atoms with Crippen molar-refractivity contribution in [3.8, 4) is 0 Å². The van der Waals surface area contributed by atoms with Gasteiger partial charge in [-0.2, -0.15) is 0 Å². The predicted octanol–water partition coefficient (Wildman–Crippen LogP) is 4.12. The molecule has 1 unspecified atom stereocenters. The number of unbranched alkanes of at least 4 members (excludes halogenated alkanes) is 2. The van der Waals surface area contributed by atoms with Crippen molar-refractivity contribution >= 4 is 16.8 Å². The lowest BCUT2D eigenvalue weighted by Crippen LogP contribution is -2.32. The molecule has 1 aromatic heterocycles. The van der Waals surface area contributed by atoms with E-state index in [1.807, 2.05) is 12.1 Å². The quantitative estimate of drug-likeness (QED) is 0.728. The second kappa shape index (κ2) is 7.87. The van der Waals surface area contributed by atoms with Crippen molar-refractivity contribution in [3.63, 3.8) is 0 Å². The van der Waals surface area contributed by atoms with Gasteiger partial charge in [0.05, 0.1) is 0 Å². The standard InChI is InChI=1S/C18H26N2O/c1-3-4-5-8-15(2)19-18(21)12-14-20-13-11-16-9-6-7-10-17(16)20/h6-7,9-11,13,15H,3-5,8,12,14H2,1-2H3,(H,19,21). The number of para-hydroxylation sites is 1. The van der Waals surface area contributed by atoms with Gasteiger partial charge in [0.1, 0.15) is 0 Å². The van der Waals surface area contributed by atoms with E-state index in [1.165, 1.54) is 30.2 Å². The molecule has 1 N–H and O–H groups in total. The van der Waals surface area contributed by atoms with Crippen LogP contribution in [0.2, 0.25) is 0 Å². The minimum Gasteiger partial charge on any atom is -0.354 e. The Hall–Kier alpha value is -1.77. The molecule has 0 saturated heterocycles. The molecule has 0 saturated carbocycles. The number of nitrogens with zero attached hydrogens (tertiary/aromatic N) is 1. The minimum atomic E-state index is 0.150. The number of carbonyl (C=O) groups excluding carboxylic acids is 1. The number of aromatic nitrogens is 1.